The van der Waals surface area contributed by atoms with Gasteiger partial charge in [0, 0.05) is 13.0 Å². The Morgan fingerprint density at radius 1 is 1.56 bits per heavy atom. The SMILES string of the molecule is CNCCc1nc(C(=O)OC)c2ccc(O)cn12. The highest BCUT2D eigenvalue weighted by Crippen LogP contribution is 2.18. The summed E-state index contributed by atoms with van der Waals surface area (Å²) in [6.45, 7) is 0.732. The molecule has 0 aliphatic carbocycles. The van der Waals surface area contributed by atoms with Gasteiger partial charge in [0.1, 0.15) is 11.6 Å². The molecule has 6 nitrogen and oxygen atoms in total. The summed E-state index contributed by atoms with van der Waals surface area (Å²) in [6, 6.07) is 3.17. The van der Waals surface area contributed by atoms with E-state index in [9.17, 15) is 9.90 Å². The van der Waals surface area contributed by atoms with Gasteiger partial charge < -0.3 is 15.2 Å². The minimum absolute atomic E-state index is 0.127. The summed E-state index contributed by atoms with van der Waals surface area (Å²) in [6.07, 6.45) is 2.19. The fourth-order valence-corrected chi connectivity index (χ4v) is 1.80. The summed E-state index contributed by atoms with van der Waals surface area (Å²) in [5.74, 6) is 0.353. The van der Waals surface area contributed by atoms with E-state index in [-0.39, 0.29) is 11.4 Å². The van der Waals surface area contributed by atoms with Crippen LogP contribution in [0.4, 0.5) is 0 Å². The van der Waals surface area contributed by atoms with Crippen molar-refractivity contribution in [3.8, 4) is 5.75 Å². The second-order valence-electron chi connectivity index (χ2n) is 3.86. The van der Waals surface area contributed by atoms with E-state index in [2.05, 4.69) is 10.3 Å². The van der Waals surface area contributed by atoms with E-state index in [1.54, 1.807) is 16.7 Å². The maximum atomic E-state index is 11.6. The molecule has 0 atom stereocenters. The van der Waals surface area contributed by atoms with Crippen LogP contribution in [0.3, 0.4) is 0 Å². The molecular weight excluding hydrogens is 234 g/mol. The second kappa shape index (κ2) is 5.05. The van der Waals surface area contributed by atoms with Crippen molar-refractivity contribution >= 4 is 11.5 Å². The van der Waals surface area contributed by atoms with Crippen LogP contribution in [0, 0.1) is 0 Å². The molecule has 0 saturated heterocycles. The predicted octanol–water partition coefficient (Wildman–Crippen LogP) is 0.588. The molecule has 2 aromatic rings. The van der Waals surface area contributed by atoms with Gasteiger partial charge in [0.2, 0.25) is 0 Å². The molecule has 2 rings (SSSR count). The van der Waals surface area contributed by atoms with Crippen LogP contribution in [0.25, 0.3) is 5.52 Å². The number of carbonyl (C=O) groups excluding carboxylic acids is 1. The predicted molar refractivity (Wildman–Crippen MR) is 65.8 cm³/mol. The third-order valence-corrected chi connectivity index (χ3v) is 2.67. The standard InChI is InChI=1S/C12H15N3O3/c1-13-6-5-10-14-11(12(17)18-2)9-4-3-8(16)7-15(9)10/h3-4,7,13,16H,5-6H2,1-2H3. The minimum atomic E-state index is -0.478. The van der Waals surface area contributed by atoms with Crippen LogP contribution >= 0.6 is 0 Å². The lowest BCUT2D eigenvalue weighted by Crippen LogP contribution is -2.12. The number of imidazole rings is 1. The fraction of sp³-hybridized carbons (Fsp3) is 0.333. The van der Waals surface area contributed by atoms with Crippen molar-refractivity contribution in [1.82, 2.24) is 14.7 Å². The first kappa shape index (κ1) is 12.4. The number of ether oxygens (including phenoxy) is 1. The number of rotatable bonds is 4. The first-order valence-corrected chi connectivity index (χ1v) is 5.60. The maximum absolute atomic E-state index is 11.6. The Morgan fingerprint density at radius 3 is 3.00 bits per heavy atom. The molecule has 18 heavy (non-hydrogen) atoms. The molecule has 0 aromatic carbocycles. The number of fused-ring (bicyclic) bond motifs is 1. The molecule has 0 amide bonds. The molecular formula is C12H15N3O3. The van der Waals surface area contributed by atoms with Gasteiger partial charge in [-0.05, 0) is 19.2 Å². The van der Waals surface area contributed by atoms with Crippen molar-refractivity contribution in [2.75, 3.05) is 20.7 Å². The highest BCUT2D eigenvalue weighted by Gasteiger charge is 2.17. The van der Waals surface area contributed by atoms with E-state index in [4.69, 9.17) is 4.74 Å². The van der Waals surface area contributed by atoms with Gasteiger partial charge in [0.15, 0.2) is 5.69 Å². The lowest BCUT2D eigenvalue weighted by molar-refractivity contribution is 0.0597. The fourth-order valence-electron chi connectivity index (χ4n) is 1.80. The highest BCUT2D eigenvalue weighted by atomic mass is 16.5. The van der Waals surface area contributed by atoms with Gasteiger partial charge in [-0.3, -0.25) is 4.40 Å². The number of hydrogen-bond donors (Lipinski definition) is 2. The van der Waals surface area contributed by atoms with Gasteiger partial charge in [0.05, 0.1) is 18.8 Å². The molecule has 0 spiro atoms. The van der Waals surface area contributed by atoms with Gasteiger partial charge in [-0.15, -0.1) is 0 Å². The summed E-state index contributed by atoms with van der Waals surface area (Å²) in [5, 5.41) is 12.5. The van der Waals surface area contributed by atoms with E-state index in [0.717, 1.165) is 6.54 Å². The van der Waals surface area contributed by atoms with Gasteiger partial charge in [-0.1, -0.05) is 0 Å². The molecule has 0 aliphatic rings. The van der Waals surface area contributed by atoms with E-state index in [0.29, 0.717) is 17.8 Å². The maximum Gasteiger partial charge on any atom is 0.358 e. The molecule has 0 saturated carbocycles. The Morgan fingerprint density at radius 2 is 2.33 bits per heavy atom. The minimum Gasteiger partial charge on any atom is -0.506 e. The first-order chi connectivity index (χ1) is 8.67. The third kappa shape index (κ3) is 2.14. The largest absolute Gasteiger partial charge is 0.506 e. The monoisotopic (exact) mass is 249 g/mol. The molecule has 2 aromatic heterocycles. The van der Waals surface area contributed by atoms with Crippen molar-refractivity contribution < 1.29 is 14.6 Å². The quantitative estimate of drug-likeness (QED) is 0.775. The number of nitrogens with one attached hydrogen (secondary N) is 1. The zero-order valence-corrected chi connectivity index (χ0v) is 10.3. The number of esters is 1. The summed E-state index contributed by atoms with van der Waals surface area (Å²) in [7, 11) is 3.16. The Hall–Kier alpha value is -2.08. The smallest absolute Gasteiger partial charge is 0.358 e. The van der Waals surface area contributed by atoms with Crippen LogP contribution in [0.2, 0.25) is 0 Å². The number of pyridine rings is 1. The average molecular weight is 249 g/mol. The van der Waals surface area contributed by atoms with Crippen molar-refractivity contribution in [2.45, 2.75) is 6.42 Å². The molecule has 6 heteroatoms. The number of carbonyl (C=O) groups is 1. The topological polar surface area (TPSA) is 75.9 Å². The van der Waals surface area contributed by atoms with Crippen molar-refractivity contribution in [3.05, 3.63) is 29.8 Å². The Balaban J connectivity index is 2.55. The number of hydrogen-bond acceptors (Lipinski definition) is 5. The van der Waals surface area contributed by atoms with Gasteiger partial charge in [-0.25, -0.2) is 9.78 Å². The van der Waals surface area contributed by atoms with Crippen LogP contribution < -0.4 is 5.32 Å². The molecule has 0 bridgehead atoms. The molecule has 2 heterocycles. The van der Waals surface area contributed by atoms with Crippen LogP contribution in [-0.2, 0) is 11.2 Å². The second-order valence-corrected chi connectivity index (χ2v) is 3.86. The van der Waals surface area contributed by atoms with E-state index in [1.165, 1.54) is 13.2 Å². The zero-order chi connectivity index (χ0) is 13.1. The normalized spacial score (nSPS) is 10.8. The van der Waals surface area contributed by atoms with Crippen molar-refractivity contribution in [2.24, 2.45) is 0 Å². The first-order valence-electron chi connectivity index (χ1n) is 5.60. The number of likely N-dealkylation sites (N-methyl/N-ethyl adjacent to an activating group) is 1. The number of aromatic hydroxyl groups is 1. The van der Waals surface area contributed by atoms with Gasteiger partial charge >= 0.3 is 5.97 Å². The molecule has 0 fully saturated rings. The Kier molecular flexibility index (Phi) is 3.47. The van der Waals surface area contributed by atoms with Crippen LogP contribution in [0.1, 0.15) is 16.3 Å². The summed E-state index contributed by atoms with van der Waals surface area (Å²) < 4.78 is 6.41. The van der Waals surface area contributed by atoms with Crippen LogP contribution in [0.5, 0.6) is 5.75 Å². The molecule has 2 N–H and O–H groups in total. The average Bonchev–Trinajstić information content (AvgIpc) is 2.73. The van der Waals surface area contributed by atoms with E-state index < -0.39 is 5.97 Å². The summed E-state index contributed by atoms with van der Waals surface area (Å²) >= 11 is 0. The zero-order valence-electron chi connectivity index (χ0n) is 10.3. The third-order valence-electron chi connectivity index (χ3n) is 2.67. The molecule has 0 aliphatic heterocycles. The lowest BCUT2D eigenvalue weighted by atomic mass is 10.3. The lowest BCUT2D eigenvalue weighted by Gasteiger charge is -2.01. The van der Waals surface area contributed by atoms with Crippen molar-refractivity contribution in [3.63, 3.8) is 0 Å². The molecule has 0 unspecified atom stereocenters. The summed E-state index contributed by atoms with van der Waals surface area (Å²) in [5.41, 5.74) is 0.898. The van der Waals surface area contributed by atoms with E-state index in [1.807, 2.05) is 7.05 Å². The van der Waals surface area contributed by atoms with Crippen molar-refractivity contribution in [1.29, 1.82) is 0 Å². The number of aromatic nitrogens is 2. The highest BCUT2D eigenvalue weighted by molar-refractivity contribution is 5.95. The van der Waals surface area contributed by atoms with Gasteiger partial charge in [0.25, 0.3) is 0 Å². The van der Waals surface area contributed by atoms with E-state index >= 15 is 0 Å². The molecule has 0 radical (unpaired) electrons. The van der Waals surface area contributed by atoms with Gasteiger partial charge in [-0.2, -0.15) is 0 Å². The molecule has 96 valence electrons. The van der Waals surface area contributed by atoms with Crippen LogP contribution in [-0.4, -0.2) is 41.2 Å². The Labute approximate surface area is 104 Å². The summed E-state index contributed by atoms with van der Waals surface area (Å²) in [4.78, 5) is 15.9. The Bertz CT molecular complexity index is 577. The number of nitrogens with zero attached hydrogens (tertiary/aromatic N) is 2. The van der Waals surface area contributed by atoms with Crippen LogP contribution in [0.15, 0.2) is 18.3 Å². The number of methoxy groups -OCH3 is 1.